The van der Waals surface area contributed by atoms with Crippen LogP contribution in [0.15, 0.2) is 5.38 Å². The zero-order chi connectivity index (χ0) is 8.48. The monoisotopic (exact) mass is 205 g/mol. The Kier molecular flexibility index (Phi) is 2.89. The zero-order valence-electron chi connectivity index (χ0n) is 6.79. The molecule has 1 aromatic heterocycles. The fourth-order valence-electron chi connectivity index (χ4n) is 0.914. The van der Waals surface area contributed by atoms with Gasteiger partial charge in [0.25, 0.3) is 0 Å². The van der Waals surface area contributed by atoms with E-state index < -0.39 is 0 Å². The minimum atomic E-state index is 0.0349. The maximum Gasteiger partial charge on any atom is 0.0735 e. The van der Waals surface area contributed by atoms with Gasteiger partial charge in [0.15, 0.2) is 0 Å². The van der Waals surface area contributed by atoms with E-state index in [0.717, 1.165) is 5.69 Å². The van der Waals surface area contributed by atoms with Gasteiger partial charge in [-0.3, -0.25) is 0 Å². The van der Waals surface area contributed by atoms with Gasteiger partial charge in [-0.2, -0.15) is 4.37 Å². The molecule has 62 valence electrons. The Bertz CT molecular complexity index is 242. The number of aromatic nitrogens is 1. The highest BCUT2D eigenvalue weighted by atomic mass is 33.1. The third kappa shape index (κ3) is 1.92. The van der Waals surface area contributed by atoms with Crippen molar-refractivity contribution in [1.82, 2.24) is 4.37 Å². The highest BCUT2D eigenvalue weighted by Gasteiger charge is 2.24. The third-order valence-corrected chi connectivity index (χ3v) is 4.31. The first kappa shape index (κ1) is 9.42. The maximum absolute atomic E-state index is 4.33. The van der Waals surface area contributed by atoms with Crippen molar-refractivity contribution < 1.29 is 0 Å². The van der Waals surface area contributed by atoms with Crippen LogP contribution in [0.1, 0.15) is 25.1 Å². The summed E-state index contributed by atoms with van der Waals surface area (Å²) in [5.74, 6) is 0. The van der Waals surface area contributed by atoms with E-state index in [2.05, 4.69) is 42.2 Å². The van der Waals surface area contributed by atoms with E-state index in [9.17, 15) is 0 Å². The summed E-state index contributed by atoms with van der Waals surface area (Å²) in [6, 6.07) is 0. The SMILES string of the molecule is Cc1csnc1C(C)(C)SS. The minimum absolute atomic E-state index is 0.0349. The van der Waals surface area contributed by atoms with Gasteiger partial charge >= 0.3 is 0 Å². The van der Waals surface area contributed by atoms with Crippen molar-refractivity contribution in [3.63, 3.8) is 0 Å². The summed E-state index contributed by atoms with van der Waals surface area (Å²) >= 11 is 5.73. The van der Waals surface area contributed by atoms with E-state index in [1.54, 1.807) is 0 Å². The molecule has 1 nitrogen and oxygen atoms in total. The Balaban J connectivity index is 3.00. The van der Waals surface area contributed by atoms with Crippen molar-refractivity contribution in [3.8, 4) is 0 Å². The Hall–Kier alpha value is 0.330. The lowest BCUT2D eigenvalue weighted by molar-refractivity contribution is 0.759. The maximum atomic E-state index is 4.33. The molecule has 1 heterocycles. The molecule has 0 atom stereocenters. The number of aryl methyl sites for hydroxylation is 1. The molecule has 0 bridgehead atoms. The Labute approximate surface area is 80.6 Å². The van der Waals surface area contributed by atoms with Crippen LogP contribution in [0.3, 0.4) is 0 Å². The molecule has 0 aliphatic heterocycles. The van der Waals surface area contributed by atoms with E-state index in [-0.39, 0.29) is 4.75 Å². The van der Waals surface area contributed by atoms with Gasteiger partial charge in [0.2, 0.25) is 0 Å². The highest BCUT2D eigenvalue weighted by molar-refractivity contribution is 8.68. The Morgan fingerprint density at radius 3 is 2.64 bits per heavy atom. The molecule has 0 saturated carbocycles. The van der Waals surface area contributed by atoms with Crippen molar-refractivity contribution in [2.24, 2.45) is 0 Å². The van der Waals surface area contributed by atoms with Crippen LogP contribution >= 0.6 is 34.0 Å². The van der Waals surface area contributed by atoms with Crippen molar-refractivity contribution in [2.45, 2.75) is 25.5 Å². The first-order valence-electron chi connectivity index (χ1n) is 3.32. The summed E-state index contributed by atoms with van der Waals surface area (Å²) in [5.41, 5.74) is 2.42. The summed E-state index contributed by atoms with van der Waals surface area (Å²) in [6.07, 6.45) is 0. The summed E-state index contributed by atoms with van der Waals surface area (Å²) in [7, 11) is 1.54. The first-order valence-corrected chi connectivity index (χ1v) is 6.02. The molecule has 1 aromatic rings. The standard InChI is InChI=1S/C7H11NS3/c1-5-4-10-8-6(5)7(2,3)11-9/h4,9H,1-3H3. The average Bonchev–Trinajstić information content (AvgIpc) is 2.36. The van der Waals surface area contributed by atoms with Crippen molar-refractivity contribution in [1.29, 1.82) is 0 Å². The van der Waals surface area contributed by atoms with Crippen LogP contribution in [-0.2, 0) is 4.75 Å². The molecule has 0 aliphatic rings. The molecule has 0 aromatic carbocycles. The van der Waals surface area contributed by atoms with Crippen LogP contribution in [0.2, 0.25) is 0 Å². The van der Waals surface area contributed by atoms with Gasteiger partial charge in [-0.15, -0.1) is 11.7 Å². The van der Waals surface area contributed by atoms with Gasteiger partial charge in [-0.05, 0) is 37.9 Å². The van der Waals surface area contributed by atoms with Crippen molar-refractivity contribution >= 4 is 34.0 Å². The molecule has 0 saturated heterocycles. The van der Waals surface area contributed by atoms with E-state index in [1.807, 2.05) is 0 Å². The molecule has 0 aliphatic carbocycles. The molecule has 4 heteroatoms. The second-order valence-corrected chi connectivity index (χ2v) is 5.33. The summed E-state index contributed by atoms with van der Waals surface area (Å²) in [5, 5.41) is 2.07. The largest absolute Gasteiger partial charge is 0.196 e. The van der Waals surface area contributed by atoms with E-state index in [0.29, 0.717) is 0 Å². The fourth-order valence-corrected chi connectivity index (χ4v) is 2.32. The second kappa shape index (κ2) is 3.37. The lowest BCUT2D eigenvalue weighted by Crippen LogP contribution is -2.11. The molecule has 11 heavy (non-hydrogen) atoms. The lowest BCUT2D eigenvalue weighted by Gasteiger charge is -2.18. The summed E-state index contributed by atoms with van der Waals surface area (Å²) < 4.78 is 4.37. The quantitative estimate of drug-likeness (QED) is 0.588. The van der Waals surface area contributed by atoms with Crippen LogP contribution < -0.4 is 0 Å². The molecule has 0 unspecified atom stereocenters. The molecule has 1 rings (SSSR count). The second-order valence-electron chi connectivity index (χ2n) is 2.95. The van der Waals surface area contributed by atoms with Crippen LogP contribution in [0.25, 0.3) is 0 Å². The molecule has 0 radical (unpaired) electrons. The number of hydrogen-bond donors (Lipinski definition) is 1. The van der Waals surface area contributed by atoms with Crippen LogP contribution in [-0.4, -0.2) is 4.37 Å². The van der Waals surface area contributed by atoms with Gasteiger partial charge in [-0.1, -0.05) is 10.8 Å². The third-order valence-electron chi connectivity index (χ3n) is 1.55. The fraction of sp³-hybridized carbons (Fsp3) is 0.571. The minimum Gasteiger partial charge on any atom is -0.196 e. The number of nitrogens with zero attached hydrogens (tertiary/aromatic N) is 1. The summed E-state index contributed by atoms with van der Waals surface area (Å²) in [4.78, 5) is 0. The predicted molar refractivity (Wildman–Crippen MR) is 56.5 cm³/mol. The van der Waals surface area contributed by atoms with Gasteiger partial charge in [0, 0.05) is 5.38 Å². The van der Waals surface area contributed by atoms with Crippen molar-refractivity contribution in [3.05, 3.63) is 16.6 Å². The Morgan fingerprint density at radius 2 is 2.27 bits per heavy atom. The summed E-state index contributed by atoms with van der Waals surface area (Å²) in [6.45, 7) is 6.35. The van der Waals surface area contributed by atoms with Gasteiger partial charge in [-0.25, -0.2) is 0 Å². The number of rotatable bonds is 2. The molecule has 0 amide bonds. The number of thiol groups is 1. The molecular formula is C7H11NS3. The van der Waals surface area contributed by atoms with E-state index in [4.69, 9.17) is 0 Å². The Morgan fingerprint density at radius 1 is 1.64 bits per heavy atom. The number of hydrogen-bond acceptors (Lipinski definition) is 4. The average molecular weight is 205 g/mol. The highest BCUT2D eigenvalue weighted by Crippen LogP contribution is 2.38. The molecular weight excluding hydrogens is 194 g/mol. The van der Waals surface area contributed by atoms with Crippen molar-refractivity contribution in [2.75, 3.05) is 0 Å². The first-order chi connectivity index (χ1) is 5.08. The van der Waals surface area contributed by atoms with E-state index in [1.165, 1.54) is 27.9 Å². The molecule has 0 spiro atoms. The lowest BCUT2D eigenvalue weighted by atomic mass is 10.1. The smallest absolute Gasteiger partial charge is 0.0735 e. The van der Waals surface area contributed by atoms with E-state index >= 15 is 0 Å². The van der Waals surface area contributed by atoms with Crippen LogP contribution in [0, 0.1) is 6.92 Å². The topological polar surface area (TPSA) is 12.9 Å². The van der Waals surface area contributed by atoms with Gasteiger partial charge < -0.3 is 0 Å². The zero-order valence-corrected chi connectivity index (χ0v) is 9.32. The van der Waals surface area contributed by atoms with Gasteiger partial charge in [0.05, 0.1) is 10.4 Å². The molecule has 0 fully saturated rings. The normalized spacial score (nSPS) is 12.0. The predicted octanol–water partition coefficient (Wildman–Crippen LogP) is 3.26. The molecule has 0 N–H and O–H groups in total. The van der Waals surface area contributed by atoms with Crippen LogP contribution in [0.4, 0.5) is 0 Å². The van der Waals surface area contributed by atoms with Crippen LogP contribution in [0.5, 0.6) is 0 Å². The van der Waals surface area contributed by atoms with Gasteiger partial charge in [0.1, 0.15) is 0 Å².